The number of aliphatic hydroxyl groups excluding tert-OH is 2. The largest absolute Gasteiger partial charge is 1.00 e. The molecule has 0 radical (unpaired) electrons. The maximum atomic E-state index is 12.0. The number of carboxylic acid groups (broad SMARTS) is 1. The molecule has 112 valence electrons. The fraction of sp³-hybridized carbons (Fsp3) is 0.429. The number of fused-ring (bicyclic) bond motifs is 1. The predicted octanol–water partition coefficient (Wildman–Crippen LogP) is -3.68. The van der Waals surface area contributed by atoms with Gasteiger partial charge in [0.2, 0.25) is 5.91 Å². The molecule has 8 heteroatoms. The molecule has 0 aliphatic carbocycles. The van der Waals surface area contributed by atoms with Gasteiger partial charge in [0.05, 0.1) is 36.3 Å². The fourth-order valence-electron chi connectivity index (χ4n) is 3.10. The first kappa shape index (κ1) is 17.7. The van der Waals surface area contributed by atoms with Gasteiger partial charge in [0.25, 0.3) is 0 Å². The molecule has 0 bridgehead atoms. The maximum absolute atomic E-state index is 12.0. The number of carbonyl (C=O) groups is 2. The van der Waals surface area contributed by atoms with Crippen LogP contribution in [-0.4, -0.2) is 39.1 Å². The summed E-state index contributed by atoms with van der Waals surface area (Å²) in [6, 6.07) is 3.14. The molecule has 3 heterocycles. The Morgan fingerprint density at radius 1 is 1.55 bits per heavy atom. The summed E-state index contributed by atoms with van der Waals surface area (Å²) in [5.41, 5.74) is 0.439. The summed E-state index contributed by atoms with van der Waals surface area (Å²) in [6.45, 7) is 1.42. The number of aliphatic carboxylic acids is 1. The van der Waals surface area contributed by atoms with Gasteiger partial charge >= 0.3 is 29.6 Å². The van der Waals surface area contributed by atoms with Gasteiger partial charge in [-0.1, -0.05) is 0 Å². The van der Waals surface area contributed by atoms with Crippen molar-refractivity contribution in [3.05, 3.63) is 27.6 Å². The van der Waals surface area contributed by atoms with Crippen LogP contribution in [0.15, 0.2) is 17.8 Å². The van der Waals surface area contributed by atoms with Gasteiger partial charge < -0.3 is 25.0 Å². The van der Waals surface area contributed by atoms with Gasteiger partial charge in [0.1, 0.15) is 0 Å². The Morgan fingerprint density at radius 2 is 2.23 bits per heavy atom. The minimum Gasteiger partial charge on any atom is -0.543 e. The number of thiophene rings is 1. The number of amides is 1. The molecule has 2 aliphatic rings. The molecular formula is C14H14NNaO5S. The van der Waals surface area contributed by atoms with E-state index in [2.05, 4.69) is 0 Å². The average molecular weight is 331 g/mol. The van der Waals surface area contributed by atoms with E-state index in [1.807, 2.05) is 0 Å². The van der Waals surface area contributed by atoms with Crippen LogP contribution in [0.5, 0.6) is 0 Å². The molecular weight excluding hydrogens is 317 g/mol. The monoisotopic (exact) mass is 331 g/mol. The van der Waals surface area contributed by atoms with Gasteiger partial charge in [-0.15, -0.1) is 11.3 Å². The van der Waals surface area contributed by atoms with E-state index in [0.29, 0.717) is 16.9 Å². The van der Waals surface area contributed by atoms with Gasteiger partial charge in [-0.2, -0.15) is 0 Å². The van der Waals surface area contributed by atoms with Gasteiger partial charge in [-0.05, 0) is 31.1 Å². The van der Waals surface area contributed by atoms with E-state index in [0.717, 1.165) is 4.88 Å². The van der Waals surface area contributed by atoms with E-state index >= 15 is 0 Å². The van der Waals surface area contributed by atoms with Gasteiger partial charge in [0, 0.05) is 9.75 Å². The molecule has 1 aromatic heterocycles. The Hall–Kier alpha value is -0.700. The number of rotatable bonds is 4. The summed E-state index contributed by atoms with van der Waals surface area (Å²) < 4.78 is 0. The molecule has 1 fully saturated rings. The average Bonchev–Trinajstić information content (AvgIpc) is 2.99. The van der Waals surface area contributed by atoms with Crippen molar-refractivity contribution in [1.82, 2.24) is 4.90 Å². The summed E-state index contributed by atoms with van der Waals surface area (Å²) >= 11 is 1.29. The predicted molar refractivity (Wildman–Crippen MR) is 72.6 cm³/mol. The van der Waals surface area contributed by atoms with Crippen LogP contribution in [0.1, 0.15) is 23.1 Å². The van der Waals surface area contributed by atoms with Crippen molar-refractivity contribution in [2.24, 2.45) is 5.92 Å². The zero-order valence-corrected chi connectivity index (χ0v) is 15.1. The van der Waals surface area contributed by atoms with Gasteiger partial charge in [-0.25, -0.2) is 0 Å². The number of β-lactam (4-membered cyclic amide) rings is 1. The molecule has 0 aromatic carbocycles. The number of aliphatic hydroxyl groups is 2. The molecule has 22 heavy (non-hydrogen) atoms. The minimum atomic E-state index is -1.39. The van der Waals surface area contributed by atoms with E-state index in [9.17, 15) is 19.8 Å². The zero-order valence-electron chi connectivity index (χ0n) is 12.3. The van der Waals surface area contributed by atoms with E-state index in [4.69, 9.17) is 5.11 Å². The fourth-order valence-corrected chi connectivity index (χ4v) is 4.03. The normalized spacial score (nSPS) is 24.7. The summed E-state index contributed by atoms with van der Waals surface area (Å²) in [7, 11) is 0. The van der Waals surface area contributed by atoms with Crippen molar-refractivity contribution < 1.29 is 54.5 Å². The second-order valence-corrected chi connectivity index (χ2v) is 6.45. The van der Waals surface area contributed by atoms with Crippen molar-refractivity contribution in [2.75, 3.05) is 0 Å². The van der Waals surface area contributed by atoms with Crippen LogP contribution in [0.2, 0.25) is 0 Å². The van der Waals surface area contributed by atoms with Crippen molar-refractivity contribution >= 4 is 28.8 Å². The topological polar surface area (TPSA) is 101 Å². The maximum Gasteiger partial charge on any atom is 1.00 e. The molecule has 0 saturated carbocycles. The standard InChI is InChI=1S/C14H15NO5S.Na/c1-6(17)11-9-4-8(10-3-2-7(5-16)21-10)12(14(19)20)15(9)13(11)18;/h2-3,6,9,11,16-17H,4-5H2,1H3,(H,19,20);/q;+1/p-1/t6-,9-,11-;/m1./s1. The van der Waals surface area contributed by atoms with Crippen molar-refractivity contribution in [3.63, 3.8) is 0 Å². The Morgan fingerprint density at radius 3 is 2.73 bits per heavy atom. The Kier molecular flexibility index (Phi) is 5.16. The molecule has 6 nitrogen and oxygen atoms in total. The first-order valence-electron chi connectivity index (χ1n) is 6.61. The third-order valence-corrected chi connectivity index (χ3v) is 5.17. The van der Waals surface area contributed by atoms with E-state index in [1.165, 1.54) is 23.2 Å². The Labute approximate surface area is 153 Å². The summed E-state index contributed by atoms with van der Waals surface area (Å²) in [4.78, 5) is 26.1. The minimum absolute atomic E-state index is 0. The van der Waals surface area contributed by atoms with Crippen LogP contribution < -0.4 is 34.7 Å². The van der Waals surface area contributed by atoms with Crippen LogP contribution in [-0.2, 0) is 16.2 Å². The Bertz CT molecular complexity index is 653. The quantitative estimate of drug-likeness (QED) is 0.437. The molecule has 1 amide bonds. The molecule has 0 spiro atoms. The second kappa shape index (κ2) is 6.43. The number of hydrogen-bond donors (Lipinski definition) is 2. The van der Waals surface area contributed by atoms with Crippen molar-refractivity contribution in [2.45, 2.75) is 32.1 Å². The van der Waals surface area contributed by atoms with E-state index < -0.39 is 18.0 Å². The summed E-state index contributed by atoms with van der Waals surface area (Å²) in [6.07, 6.45) is -0.423. The number of hydrogen-bond acceptors (Lipinski definition) is 6. The van der Waals surface area contributed by atoms with Crippen molar-refractivity contribution in [1.29, 1.82) is 0 Å². The third kappa shape index (κ3) is 2.55. The molecule has 3 atom stereocenters. The number of nitrogens with zero attached hydrogens (tertiary/aromatic N) is 1. The Balaban J connectivity index is 0.00000176. The molecule has 0 unspecified atom stereocenters. The summed E-state index contributed by atoms with van der Waals surface area (Å²) in [5, 5.41) is 30.2. The molecule has 2 N–H and O–H groups in total. The molecule has 1 saturated heterocycles. The molecule has 1 aromatic rings. The smallest absolute Gasteiger partial charge is 0.543 e. The third-order valence-electron chi connectivity index (χ3n) is 4.04. The number of carbonyl (C=O) groups excluding carboxylic acids is 2. The molecule has 2 aliphatic heterocycles. The van der Waals surface area contributed by atoms with Crippen LogP contribution in [0, 0.1) is 5.92 Å². The van der Waals surface area contributed by atoms with Crippen LogP contribution in [0.4, 0.5) is 0 Å². The zero-order chi connectivity index (χ0) is 15.3. The van der Waals surface area contributed by atoms with Crippen LogP contribution in [0.3, 0.4) is 0 Å². The first-order chi connectivity index (χ1) is 9.95. The van der Waals surface area contributed by atoms with Crippen LogP contribution in [0.25, 0.3) is 5.57 Å². The summed E-state index contributed by atoms with van der Waals surface area (Å²) in [5.74, 6) is -2.32. The van der Waals surface area contributed by atoms with E-state index in [-0.39, 0.29) is 53.8 Å². The second-order valence-electron chi connectivity index (χ2n) is 5.28. The first-order valence-corrected chi connectivity index (χ1v) is 7.43. The SMILES string of the molecule is C[C@@H](O)[C@H]1C(=O)N2C(C(=O)[O-])=C(c3ccc(CO)s3)C[C@H]12.[Na+]. The van der Waals surface area contributed by atoms with Gasteiger partial charge in [-0.3, -0.25) is 4.79 Å². The van der Waals surface area contributed by atoms with Crippen LogP contribution >= 0.6 is 11.3 Å². The van der Waals surface area contributed by atoms with Crippen molar-refractivity contribution in [3.8, 4) is 0 Å². The van der Waals surface area contributed by atoms with Gasteiger partial charge in [0.15, 0.2) is 0 Å². The van der Waals surface area contributed by atoms with E-state index in [1.54, 1.807) is 12.1 Å². The molecule has 3 rings (SSSR count). The number of carboxylic acids is 1.